The van der Waals surface area contributed by atoms with E-state index in [2.05, 4.69) is 10.1 Å². The van der Waals surface area contributed by atoms with Gasteiger partial charge in [-0.15, -0.1) is 11.8 Å². The van der Waals surface area contributed by atoms with E-state index < -0.39 is 5.97 Å². The number of aryl methyl sites for hydroxylation is 1. The molecule has 0 saturated heterocycles. The molecule has 0 aliphatic rings. The van der Waals surface area contributed by atoms with Crippen LogP contribution in [0.2, 0.25) is 5.02 Å². The Morgan fingerprint density at radius 1 is 1.27 bits per heavy atom. The summed E-state index contributed by atoms with van der Waals surface area (Å²) >= 11 is 7.42. The van der Waals surface area contributed by atoms with Gasteiger partial charge in [0.05, 0.1) is 5.75 Å². The molecule has 26 heavy (non-hydrogen) atoms. The fraction of sp³-hybridized carbons (Fsp3) is 0.167. The van der Waals surface area contributed by atoms with Crippen molar-refractivity contribution >= 4 is 29.3 Å². The number of carboxylic acid groups (broad SMARTS) is 1. The molecule has 3 rings (SSSR count). The van der Waals surface area contributed by atoms with Crippen molar-refractivity contribution < 1.29 is 19.2 Å². The minimum Gasteiger partial charge on any atom is -0.482 e. The maximum Gasteiger partial charge on any atom is 0.341 e. The highest BCUT2D eigenvalue weighted by molar-refractivity contribution is 7.98. The summed E-state index contributed by atoms with van der Waals surface area (Å²) in [5.41, 5.74) is 1.70. The first-order valence-corrected chi connectivity index (χ1v) is 9.04. The molecule has 1 heterocycles. The molecule has 0 unspecified atom stereocenters. The molecule has 1 aromatic heterocycles. The van der Waals surface area contributed by atoms with E-state index >= 15 is 0 Å². The SMILES string of the molecule is Cc1cc(SCc2nc(-c3ccc(Cl)cc3)no2)ccc1OCC(=O)O. The Morgan fingerprint density at radius 2 is 2.04 bits per heavy atom. The second kappa shape index (κ2) is 8.25. The Morgan fingerprint density at radius 3 is 2.73 bits per heavy atom. The van der Waals surface area contributed by atoms with Gasteiger partial charge in [-0.25, -0.2) is 4.79 Å². The molecule has 0 spiro atoms. The number of thioether (sulfide) groups is 1. The van der Waals surface area contributed by atoms with Gasteiger partial charge in [-0.2, -0.15) is 4.98 Å². The van der Waals surface area contributed by atoms with Crippen molar-refractivity contribution in [3.8, 4) is 17.1 Å². The quantitative estimate of drug-likeness (QED) is 0.596. The minimum absolute atomic E-state index is 0.358. The fourth-order valence-electron chi connectivity index (χ4n) is 2.19. The average molecular weight is 391 g/mol. The summed E-state index contributed by atoms with van der Waals surface area (Å²) in [7, 11) is 0. The first-order valence-electron chi connectivity index (χ1n) is 7.68. The first kappa shape index (κ1) is 18.3. The predicted octanol–water partition coefficient (Wildman–Crippen LogP) is 4.45. The number of rotatable bonds is 7. The molecule has 2 aromatic carbocycles. The highest BCUT2D eigenvalue weighted by Gasteiger charge is 2.10. The number of hydrogen-bond donors (Lipinski definition) is 1. The Hall–Kier alpha value is -2.51. The van der Waals surface area contributed by atoms with Gasteiger partial charge in [0.2, 0.25) is 11.7 Å². The number of aliphatic carboxylic acids is 1. The van der Waals surface area contributed by atoms with E-state index in [4.69, 9.17) is 26.0 Å². The van der Waals surface area contributed by atoms with Crippen molar-refractivity contribution in [2.45, 2.75) is 17.6 Å². The number of carboxylic acids is 1. The zero-order valence-electron chi connectivity index (χ0n) is 13.8. The van der Waals surface area contributed by atoms with E-state index in [0.29, 0.717) is 28.2 Å². The van der Waals surface area contributed by atoms with Crippen molar-refractivity contribution in [1.29, 1.82) is 0 Å². The molecule has 1 N–H and O–H groups in total. The van der Waals surface area contributed by atoms with Gasteiger partial charge in [-0.05, 0) is 55.0 Å². The number of nitrogens with zero attached hydrogens (tertiary/aromatic N) is 2. The molecule has 6 nitrogen and oxygen atoms in total. The van der Waals surface area contributed by atoms with Gasteiger partial charge in [-0.3, -0.25) is 0 Å². The number of ether oxygens (including phenoxy) is 1. The lowest BCUT2D eigenvalue weighted by molar-refractivity contribution is -0.139. The van der Waals surface area contributed by atoms with E-state index in [9.17, 15) is 4.79 Å². The van der Waals surface area contributed by atoms with Crippen molar-refractivity contribution in [2.75, 3.05) is 6.61 Å². The van der Waals surface area contributed by atoms with E-state index in [-0.39, 0.29) is 6.61 Å². The smallest absolute Gasteiger partial charge is 0.341 e. The van der Waals surface area contributed by atoms with Gasteiger partial charge in [-0.1, -0.05) is 16.8 Å². The number of halogens is 1. The lowest BCUT2D eigenvalue weighted by Crippen LogP contribution is -2.09. The molecule has 0 atom stereocenters. The first-order chi connectivity index (χ1) is 12.5. The molecular formula is C18H15ClN2O4S. The highest BCUT2D eigenvalue weighted by Crippen LogP contribution is 2.28. The summed E-state index contributed by atoms with van der Waals surface area (Å²) in [5.74, 6) is 1.11. The van der Waals surface area contributed by atoms with E-state index in [1.807, 2.05) is 31.2 Å². The zero-order valence-corrected chi connectivity index (χ0v) is 15.4. The van der Waals surface area contributed by atoms with Gasteiger partial charge in [0, 0.05) is 15.5 Å². The van der Waals surface area contributed by atoms with Crippen molar-refractivity contribution in [3.05, 3.63) is 58.9 Å². The van der Waals surface area contributed by atoms with Crippen molar-refractivity contribution in [2.24, 2.45) is 0 Å². The van der Waals surface area contributed by atoms with Crippen LogP contribution in [0.15, 0.2) is 51.9 Å². The summed E-state index contributed by atoms with van der Waals surface area (Å²) in [6, 6.07) is 12.8. The lowest BCUT2D eigenvalue weighted by atomic mass is 10.2. The molecule has 0 amide bonds. The second-order valence-electron chi connectivity index (χ2n) is 5.42. The van der Waals surface area contributed by atoms with Gasteiger partial charge < -0.3 is 14.4 Å². The van der Waals surface area contributed by atoms with Crippen molar-refractivity contribution in [3.63, 3.8) is 0 Å². The van der Waals surface area contributed by atoms with Gasteiger partial charge >= 0.3 is 5.97 Å². The van der Waals surface area contributed by atoms with E-state index in [1.54, 1.807) is 30.0 Å². The molecule has 0 saturated carbocycles. The maximum absolute atomic E-state index is 10.6. The van der Waals surface area contributed by atoms with Gasteiger partial charge in [0.15, 0.2) is 6.61 Å². The van der Waals surface area contributed by atoms with Crippen LogP contribution >= 0.6 is 23.4 Å². The monoisotopic (exact) mass is 390 g/mol. The lowest BCUT2D eigenvalue weighted by Gasteiger charge is -2.08. The van der Waals surface area contributed by atoms with Crippen LogP contribution in [0.4, 0.5) is 0 Å². The number of hydrogen-bond acceptors (Lipinski definition) is 6. The van der Waals surface area contributed by atoms with Crippen LogP contribution in [0.3, 0.4) is 0 Å². The number of aromatic nitrogens is 2. The fourth-order valence-corrected chi connectivity index (χ4v) is 3.15. The number of benzene rings is 2. The summed E-state index contributed by atoms with van der Waals surface area (Å²) in [4.78, 5) is 16.0. The number of carbonyl (C=O) groups is 1. The third kappa shape index (κ3) is 4.77. The van der Waals surface area contributed by atoms with Crippen LogP contribution in [-0.2, 0) is 10.5 Å². The van der Waals surface area contributed by atoms with Crippen LogP contribution in [0.5, 0.6) is 5.75 Å². The van der Waals surface area contributed by atoms with Gasteiger partial charge in [0.25, 0.3) is 0 Å². The minimum atomic E-state index is -1.00. The molecule has 0 radical (unpaired) electrons. The molecule has 0 aliphatic heterocycles. The molecule has 3 aromatic rings. The Bertz CT molecular complexity index is 912. The highest BCUT2D eigenvalue weighted by atomic mass is 35.5. The van der Waals surface area contributed by atoms with Crippen LogP contribution in [0, 0.1) is 6.92 Å². The largest absolute Gasteiger partial charge is 0.482 e. The molecule has 0 bridgehead atoms. The Labute approximate surface area is 159 Å². The zero-order chi connectivity index (χ0) is 18.5. The van der Waals surface area contributed by atoms with Crippen LogP contribution < -0.4 is 4.74 Å². The molecule has 134 valence electrons. The second-order valence-corrected chi connectivity index (χ2v) is 6.90. The Balaban J connectivity index is 1.61. The summed E-state index contributed by atoms with van der Waals surface area (Å²) in [6.45, 7) is 1.51. The molecule has 0 aliphatic carbocycles. The normalized spacial score (nSPS) is 10.7. The molecule has 8 heteroatoms. The van der Waals surface area contributed by atoms with Gasteiger partial charge in [0.1, 0.15) is 5.75 Å². The van der Waals surface area contributed by atoms with E-state index in [0.717, 1.165) is 16.0 Å². The predicted molar refractivity (Wildman–Crippen MR) is 98.6 cm³/mol. The molecule has 0 fully saturated rings. The topological polar surface area (TPSA) is 85.5 Å². The van der Waals surface area contributed by atoms with Crippen LogP contribution in [0.1, 0.15) is 11.5 Å². The van der Waals surface area contributed by atoms with Crippen LogP contribution in [0.25, 0.3) is 11.4 Å². The standard InChI is InChI=1S/C18H15ClN2O4S/c1-11-8-14(6-7-15(11)24-9-17(22)23)26-10-16-20-18(21-25-16)12-2-4-13(19)5-3-12/h2-8H,9-10H2,1H3,(H,22,23). The third-order valence-electron chi connectivity index (χ3n) is 3.43. The average Bonchev–Trinajstić information content (AvgIpc) is 3.08. The summed E-state index contributed by atoms with van der Waals surface area (Å²) in [5, 5.41) is 13.3. The molecular weight excluding hydrogens is 376 g/mol. The third-order valence-corrected chi connectivity index (χ3v) is 4.66. The Kier molecular flexibility index (Phi) is 5.80. The summed E-state index contributed by atoms with van der Waals surface area (Å²) < 4.78 is 10.5. The van der Waals surface area contributed by atoms with E-state index in [1.165, 1.54) is 0 Å². The van der Waals surface area contributed by atoms with Crippen LogP contribution in [-0.4, -0.2) is 27.8 Å². The maximum atomic E-state index is 10.6. The van der Waals surface area contributed by atoms with Crippen molar-refractivity contribution in [1.82, 2.24) is 10.1 Å². The summed E-state index contributed by atoms with van der Waals surface area (Å²) in [6.07, 6.45) is 0.